The zero-order valence-corrected chi connectivity index (χ0v) is 11.7. The summed E-state index contributed by atoms with van der Waals surface area (Å²) in [6, 6.07) is 8.72. The molecule has 0 saturated carbocycles. The van der Waals surface area contributed by atoms with Crippen LogP contribution in [0.1, 0.15) is 22.5 Å². The minimum absolute atomic E-state index is 0.968. The second-order valence-corrected chi connectivity index (χ2v) is 11.0. The number of hydrogen-bond acceptors (Lipinski definition) is 1. The Labute approximate surface area is 103 Å². The Morgan fingerprint density at radius 2 is 1.65 bits per heavy atom. The second-order valence-electron chi connectivity index (χ2n) is 5.92. The topological polar surface area (TPSA) is 13.1 Å². The summed E-state index contributed by atoms with van der Waals surface area (Å²) in [5.74, 6) is 1.20. The number of fused-ring (bicyclic) bond motifs is 2. The first-order chi connectivity index (χ1) is 8.05. The van der Waals surface area contributed by atoms with Crippen LogP contribution in [-0.2, 0) is 12.8 Å². The van der Waals surface area contributed by atoms with Gasteiger partial charge < -0.3 is 4.42 Å². The molecule has 0 spiro atoms. The quantitative estimate of drug-likeness (QED) is 0.597. The first kappa shape index (κ1) is 10.8. The van der Waals surface area contributed by atoms with Crippen molar-refractivity contribution in [2.75, 3.05) is 0 Å². The van der Waals surface area contributed by atoms with Crippen molar-refractivity contribution in [2.24, 2.45) is 0 Å². The molecule has 0 unspecified atom stereocenters. The molecule has 0 amide bonds. The van der Waals surface area contributed by atoms with Gasteiger partial charge >= 0.3 is 0 Å². The molecule has 1 heterocycles. The second kappa shape index (κ2) is 3.60. The molecule has 2 aromatic rings. The van der Waals surface area contributed by atoms with Gasteiger partial charge in [0.2, 0.25) is 0 Å². The first-order valence-electron chi connectivity index (χ1n) is 6.22. The van der Waals surface area contributed by atoms with Gasteiger partial charge in [0.25, 0.3) is 0 Å². The van der Waals surface area contributed by atoms with E-state index in [4.69, 9.17) is 4.42 Å². The first-order valence-corrected chi connectivity index (χ1v) is 9.72. The van der Waals surface area contributed by atoms with Crippen molar-refractivity contribution in [1.29, 1.82) is 0 Å². The molecule has 1 nitrogen and oxygen atoms in total. The number of hydrogen-bond donors (Lipinski definition) is 0. The van der Waals surface area contributed by atoms with E-state index in [0.29, 0.717) is 0 Å². The summed E-state index contributed by atoms with van der Waals surface area (Å²) < 4.78 is 5.81. The summed E-state index contributed by atoms with van der Waals surface area (Å²) in [6.07, 6.45) is 4.04. The number of rotatable bonds is 1. The van der Waals surface area contributed by atoms with Crippen molar-refractivity contribution in [3.8, 4) is 0 Å². The van der Waals surface area contributed by atoms with Crippen LogP contribution in [0.25, 0.3) is 0 Å². The molecule has 0 saturated heterocycles. The van der Waals surface area contributed by atoms with Gasteiger partial charge in [-0.3, -0.25) is 0 Å². The Balaban J connectivity index is 2.09. The van der Waals surface area contributed by atoms with Crippen LogP contribution in [0.5, 0.6) is 0 Å². The molecule has 3 rings (SSSR count). The van der Waals surface area contributed by atoms with E-state index in [1.54, 1.807) is 0 Å². The number of benzene rings is 1. The lowest BCUT2D eigenvalue weighted by Gasteiger charge is -2.20. The molecule has 0 bridgehead atoms. The SMILES string of the molecule is C[Si](C)(C)c1coc2c1Cc1ccccc1C2. The maximum absolute atomic E-state index is 5.81. The lowest BCUT2D eigenvalue weighted by Crippen LogP contribution is -2.39. The third kappa shape index (κ3) is 1.77. The van der Waals surface area contributed by atoms with Crippen molar-refractivity contribution in [3.63, 3.8) is 0 Å². The molecule has 0 fully saturated rings. The monoisotopic (exact) mass is 242 g/mol. The maximum Gasteiger partial charge on any atom is 0.111 e. The van der Waals surface area contributed by atoms with Gasteiger partial charge in [-0.05, 0) is 21.9 Å². The molecule has 17 heavy (non-hydrogen) atoms. The average molecular weight is 242 g/mol. The summed E-state index contributed by atoms with van der Waals surface area (Å²) >= 11 is 0. The van der Waals surface area contributed by atoms with E-state index in [1.807, 2.05) is 6.26 Å². The highest BCUT2D eigenvalue weighted by Crippen LogP contribution is 2.28. The van der Waals surface area contributed by atoms with E-state index in [9.17, 15) is 0 Å². The molecular weight excluding hydrogens is 224 g/mol. The Bertz CT molecular complexity index is 561. The maximum atomic E-state index is 5.81. The van der Waals surface area contributed by atoms with Crippen LogP contribution in [0.15, 0.2) is 34.9 Å². The smallest absolute Gasteiger partial charge is 0.111 e. The van der Waals surface area contributed by atoms with Crippen molar-refractivity contribution in [2.45, 2.75) is 32.5 Å². The van der Waals surface area contributed by atoms with E-state index in [-0.39, 0.29) is 0 Å². The molecular formula is C15H18OSi. The molecule has 1 aromatic heterocycles. The van der Waals surface area contributed by atoms with E-state index >= 15 is 0 Å². The average Bonchev–Trinajstić information content (AvgIpc) is 2.68. The van der Waals surface area contributed by atoms with E-state index in [0.717, 1.165) is 12.8 Å². The van der Waals surface area contributed by atoms with Gasteiger partial charge in [0.05, 0.1) is 14.3 Å². The lowest BCUT2D eigenvalue weighted by atomic mass is 9.91. The van der Waals surface area contributed by atoms with Gasteiger partial charge in [-0.1, -0.05) is 43.9 Å². The van der Waals surface area contributed by atoms with E-state index in [2.05, 4.69) is 43.9 Å². The summed E-state index contributed by atoms with van der Waals surface area (Å²) in [7, 11) is -1.28. The van der Waals surface area contributed by atoms with Crippen LogP contribution >= 0.6 is 0 Å². The molecule has 88 valence electrons. The fraction of sp³-hybridized carbons (Fsp3) is 0.333. The third-order valence-corrected chi connectivity index (χ3v) is 5.66. The van der Waals surface area contributed by atoms with Crippen molar-refractivity contribution in [1.82, 2.24) is 0 Å². The summed E-state index contributed by atoms with van der Waals surface area (Å²) in [5, 5.41) is 1.50. The van der Waals surface area contributed by atoms with Crippen molar-refractivity contribution < 1.29 is 4.42 Å². The molecule has 1 aliphatic rings. The van der Waals surface area contributed by atoms with Crippen LogP contribution in [0.3, 0.4) is 0 Å². The van der Waals surface area contributed by atoms with Crippen molar-refractivity contribution in [3.05, 3.63) is 53.0 Å². The van der Waals surface area contributed by atoms with Gasteiger partial charge in [-0.25, -0.2) is 0 Å². The van der Waals surface area contributed by atoms with Crippen LogP contribution < -0.4 is 5.19 Å². The van der Waals surface area contributed by atoms with Gasteiger partial charge in [-0.15, -0.1) is 0 Å². The Kier molecular flexibility index (Phi) is 2.30. The zero-order chi connectivity index (χ0) is 12.0. The summed E-state index contributed by atoms with van der Waals surface area (Å²) in [5.41, 5.74) is 4.38. The predicted molar refractivity (Wildman–Crippen MR) is 73.7 cm³/mol. The molecule has 1 aromatic carbocycles. The van der Waals surface area contributed by atoms with Gasteiger partial charge in [0.15, 0.2) is 0 Å². The largest absolute Gasteiger partial charge is 0.469 e. The highest BCUT2D eigenvalue weighted by Gasteiger charge is 2.28. The van der Waals surface area contributed by atoms with E-state index < -0.39 is 8.07 Å². The fourth-order valence-electron chi connectivity index (χ4n) is 2.66. The van der Waals surface area contributed by atoms with Crippen LogP contribution in [0.4, 0.5) is 0 Å². The normalized spacial score (nSPS) is 14.3. The van der Waals surface area contributed by atoms with Gasteiger partial charge in [0, 0.05) is 12.8 Å². The predicted octanol–water partition coefficient (Wildman–Crippen LogP) is 3.32. The summed E-state index contributed by atoms with van der Waals surface area (Å²) in [6.45, 7) is 7.16. The fourth-order valence-corrected chi connectivity index (χ4v) is 4.21. The standard InChI is InChI=1S/C15H18OSi/c1-17(2,3)15-10-16-14-9-12-7-5-4-6-11(12)8-13(14)15/h4-7,10H,8-9H2,1-3H3. The molecule has 1 aliphatic carbocycles. The molecule has 0 radical (unpaired) electrons. The molecule has 2 heteroatoms. The van der Waals surface area contributed by atoms with Gasteiger partial charge in [0.1, 0.15) is 5.76 Å². The summed E-state index contributed by atoms with van der Waals surface area (Å²) in [4.78, 5) is 0. The lowest BCUT2D eigenvalue weighted by molar-refractivity contribution is 0.514. The van der Waals surface area contributed by atoms with Gasteiger partial charge in [-0.2, -0.15) is 0 Å². The highest BCUT2D eigenvalue weighted by molar-refractivity contribution is 6.89. The van der Waals surface area contributed by atoms with Crippen LogP contribution in [0, 0.1) is 0 Å². The zero-order valence-electron chi connectivity index (χ0n) is 10.7. The Morgan fingerprint density at radius 3 is 2.29 bits per heavy atom. The molecule has 0 N–H and O–H groups in total. The number of furan rings is 1. The highest BCUT2D eigenvalue weighted by atomic mass is 28.3. The minimum Gasteiger partial charge on any atom is -0.469 e. The van der Waals surface area contributed by atoms with Crippen LogP contribution in [0.2, 0.25) is 19.6 Å². The van der Waals surface area contributed by atoms with E-state index in [1.165, 1.54) is 27.6 Å². The minimum atomic E-state index is -1.28. The third-order valence-electron chi connectivity index (χ3n) is 3.63. The molecule has 0 aliphatic heterocycles. The Morgan fingerprint density at radius 1 is 1.00 bits per heavy atom. The Hall–Kier alpha value is -1.28. The molecule has 0 atom stereocenters. The van der Waals surface area contributed by atoms with Crippen LogP contribution in [-0.4, -0.2) is 8.07 Å². The van der Waals surface area contributed by atoms with Crippen molar-refractivity contribution >= 4 is 13.3 Å².